The highest BCUT2D eigenvalue weighted by Gasteiger charge is 2.12. The van der Waals surface area contributed by atoms with E-state index in [1.165, 1.54) is 18.2 Å². The Balaban J connectivity index is 3.06. The second-order valence-electron chi connectivity index (χ2n) is 2.55. The summed E-state index contributed by atoms with van der Waals surface area (Å²) in [6.45, 7) is -0.162. The average molecular weight is 197 g/mol. The molecule has 0 aliphatic carbocycles. The molecule has 5 heteroatoms. The molecule has 0 saturated heterocycles. The molecule has 4 nitrogen and oxygen atoms in total. The van der Waals surface area contributed by atoms with Crippen LogP contribution in [0, 0.1) is 15.9 Å². The van der Waals surface area contributed by atoms with E-state index in [1.54, 1.807) is 0 Å². The van der Waals surface area contributed by atoms with E-state index >= 15 is 0 Å². The third kappa shape index (κ3) is 2.37. The Hall–Kier alpha value is -1.75. The summed E-state index contributed by atoms with van der Waals surface area (Å²) in [7, 11) is 0. The van der Waals surface area contributed by atoms with Crippen molar-refractivity contribution in [1.29, 1.82) is 0 Å². The number of hydrogen-bond donors (Lipinski definition) is 1. The van der Waals surface area contributed by atoms with Gasteiger partial charge in [-0.05, 0) is 11.6 Å². The Morgan fingerprint density at radius 2 is 2.29 bits per heavy atom. The highest BCUT2D eigenvalue weighted by Crippen LogP contribution is 2.19. The third-order valence-corrected chi connectivity index (χ3v) is 1.58. The van der Waals surface area contributed by atoms with Crippen LogP contribution >= 0.6 is 0 Å². The van der Waals surface area contributed by atoms with Crippen molar-refractivity contribution in [3.05, 3.63) is 45.8 Å². The van der Waals surface area contributed by atoms with Gasteiger partial charge in [-0.3, -0.25) is 10.1 Å². The minimum Gasteiger partial charge on any atom is -0.392 e. The minimum absolute atomic E-state index is 0.162. The van der Waals surface area contributed by atoms with Crippen LogP contribution in [0.15, 0.2) is 24.3 Å². The molecule has 0 aliphatic heterocycles. The largest absolute Gasteiger partial charge is 0.392 e. The molecular weight excluding hydrogens is 189 g/mol. The fraction of sp³-hybridized carbons (Fsp3) is 0.111. The monoisotopic (exact) mass is 197 g/mol. The first-order valence-corrected chi connectivity index (χ1v) is 3.86. The predicted octanol–water partition coefficient (Wildman–Crippen LogP) is 1.74. The van der Waals surface area contributed by atoms with E-state index in [9.17, 15) is 14.5 Å². The second-order valence-corrected chi connectivity index (χ2v) is 2.55. The first-order valence-electron chi connectivity index (χ1n) is 3.86. The lowest BCUT2D eigenvalue weighted by Gasteiger charge is -1.95. The predicted molar refractivity (Wildman–Crippen MR) is 49.2 cm³/mol. The molecule has 0 heterocycles. The number of aliphatic hydroxyl groups excluding tert-OH is 1. The Morgan fingerprint density at radius 1 is 1.57 bits per heavy atom. The number of rotatable bonds is 3. The van der Waals surface area contributed by atoms with Crippen molar-refractivity contribution in [2.75, 3.05) is 6.61 Å². The number of aliphatic hydroxyl groups is 1. The Bertz CT molecular complexity index is 376. The molecule has 0 spiro atoms. The van der Waals surface area contributed by atoms with Crippen molar-refractivity contribution in [3.8, 4) is 0 Å². The van der Waals surface area contributed by atoms with Crippen molar-refractivity contribution in [1.82, 2.24) is 0 Å². The van der Waals surface area contributed by atoms with Gasteiger partial charge in [0.25, 0.3) is 0 Å². The van der Waals surface area contributed by atoms with Crippen LogP contribution in [-0.4, -0.2) is 16.6 Å². The molecule has 1 aromatic carbocycles. The van der Waals surface area contributed by atoms with E-state index in [1.807, 2.05) is 0 Å². The first-order chi connectivity index (χ1) is 6.65. The van der Waals surface area contributed by atoms with E-state index < -0.39 is 16.4 Å². The fourth-order valence-corrected chi connectivity index (χ4v) is 0.962. The molecule has 14 heavy (non-hydrogen) atoms. The Morgan fingerprint density at radius 3 is 2.86 bits per heavy atom. The molecule has 0 radical (unpaired) electrons. The van der Waals surface area contributed by atoms with Gasteiger partial charge in [-0.2, -0.15) is 4.39 Å². The topological polar surface area (TPSA) is 63.4 Å². The molecule has 0 saturated carbocycles. The van der Waals surface area contributed by atoms with E-state index in [-0.39, 0.29) is 6.61 Å². The quantitative estimate of drug-likeness (QED) is 0.592. The molecule has 0 bridgehead atoms. The molecule has 1 N–H and O–H groups in total. The summed E-state index contributed by atoms with van der Waals surface area (Å²) >= 11 is 0. The van der Waals surface area contributed by atoms with Crippen LogP contribution in [0.3, 0.4) is 0 Å². The Kier molecular flexibility index (Phi) is 3.30. The van der Waals surface area contributed by atoms with Gasteiger partial charge in [0.2, 0.25) is 5.82 Å². The summed E-state index contributed by atoms with van der Waals surface area (Å²) in [6, 6.07) is 3.53. The number of hydrogen-bond acceptors (Lipinski definition) is 3. The lowest BCUT2D eigenvalue weighted by atomic mass is 10.2. The third-order valence-electron chi connectivity index (χ3n) is 1.58. The maximum Gasteiger partial charge on any atom is 0.305 e. The average Bonchev–Trinajstić information content (AvgIpc) is 2.16. The van der Waals surface area contributed by atoms with Crippen molar-refractivity contribution in [3.63, 3.8) is 0 Å². The summed E-state index contributed by atoms with van der Waals surface area (Å²) in [4.78, 5) is 9.55. The van der Waals surface area contributed by atoms with Gasteiger partial charge >= 0.3 is 5.69 Å². The second kappa shape index (κ2) is 4.48. The molecule has 0 fully saturated rings. The van der Waals surface area contributed by atoms with Crippen LogP contribution in [0.1, 0.15) is 5.56 Å². The summed E-state index contributed by atoms with van der Waals surface area (Å²) < 4.78 is 12.8. The molecule has 1 rings (SSSR count). The van der Waals surface area contributed by atoms with Gasteiger partial charge < -0.3 is 5.11 Å². The molecule has 0 aliphatic rings. The Labute approximate surface area is 79.4 Å². The van der Waals surface area contributed by atoms with Crippen molar-refractivity contribution >= 4 is 11.8 Å². The van der Waals surface area contributed by atoms with Crippen LogP contribution in [0.2, 0.25) is 0 Å². The summed E-state index contributed by atoms with van der Waals surface area (Å²) in [5.74, 6) is -0.865. The molecule has 74 valence electrons. The van der Waals surface area contributed by atoms with Gasteiger partial charge in [0.15, 0.2) is 0 Å². The van der Waals surface area contributed by atoms with Crippen molar-refractivity contribution in [2.24, 2.45) is 0 Å². The number of nitro groups is 1. The SMILES string of the molecule is O=[N+]([O-])c1cc(/C=C\CO)ccc1F. The van der Waals surface area contributed by atoms with E-state index in [2.05, 4.69) is 0 Å². The highest BCUT2D eigenvalue weighted by molar-refractivity contribution is 5.53. The van der Waals surface area contributed by atoms with Crippen LogP contribution in [-0.2, 0) is 0 Å². The molecule has 0 unspecified atom stereocenters. The van der Waals surface area contributed by atoms with Gasteiger partial charge in [-0.1, -0.05) is 18.2 Å². The number of nitrogens with zero attached hydrogens (tertiary/aromatic N) is 1. The van der Waals surface area contributed by atoms with Crippen LogP contribution in [0.25, 0.3) is 6.08 Å². The van der Waals surface area contributed by atoms with Gasteiger partial charge in [-0.25, -0.2) is 0 Å². The number of benzene rings is 1. The van der Waals surface area contributed by atoms with Gasteiger partial charge in [0.05, 0.1) is 11.5 Å². The molecule has 0 amide bonds. The smallest absolute Gasteiger partial charge is 0.305 e. The van der Waals surface area contributed by atoms with Gasteiger partial charge in [0.1, 0.15) is 0 Å². The number of nitro benzene ring substituents is 1. The highest BCUT2D eigenvalue weighted by atomic mass is 19.1. The van der Waals surface area contributed by atoms with E-state index in [0.717, 1.165) is 12.1 Å². The molecule has 0 aromatic heterocycles. The zero-order valence-corrected chi connectivity index (χ0v) is 7.18. The number of halogens is 1. The van der Waals surface area contributed by atoms with Crippen LogP contribution in [0.5, 0.6) is 0 Å². The molecular formula is C9H8FNO3. The normalized spacial score (nSPS) is 10.7. The summed E-state index contributed by atoms with van der Waals surface area (Å²) in [5.41, 5.74) is -0.0859. The van der Waals surface area contributed by atoms with Gasteiger partial charge in [-0.15, -0.1) is 0 Å². The molecule has 0 atom stereocenters. The summed E-state index contributed by atoms with van der Waals surface area (Å²) in [6.07, 6.45) is 2.89. The zero-order chi connectivity index (χ0) is 10.6. The maximum absolute atomic E-state index is 12.8. The minimum atomic E-state index is -0.865. The standard InChI is InChI=1S/C9H8FNO3/c10-8-4-3-7(2-1-5-12)6-9(8)11(13)14/h1-4,6,12H,5H2/b2-1-. The van der Waals surface area contributed by atoms with Crippen molar-refractivity contribution in [2.45, 2.75) is 0 Å². The zero-order valence-electron chi connectivity index (χ0n) is 7.18. The molecule has 1 aromatic rings. The lowest BCUT2D eigenvalue weighted by Crippen LogP contribution is -1.92. The van der Waals surface area contributed by atoms with Crippen molar-refractivity contribution < 1.29 is 14.4 Å². The lowest BCUT2D eigenvalue weighted by molar-refractivity contribution is -0.387. The van der Waals surface area contributed by atoms with E-state index in [4.69, 9.17) is 5.11 Å². The fourth-order valence-electron chi connectivity index (χ4n) is 0.962. The summed E-state index contributed by atoms with van der Waals surface area (Å²) in [5, 5.41) is 18.8. The van der Waals surface area contributed by atoms with Gasteiger partial charge in [0, 0.05) is 6.07 Å². The van der Waals surface area contributed by atoms with Crippen LogP contribution in [0.4, 0.5) is 10.1 Å². The van der Waals surface area contributed by atoms with Crippen LogP contribution < -0.4 is 0 Å². The first kappa shape index (κ1) is 10.3. The van der Waals surface area contributed by atoms with E-state index in [0.29, 0.717) is 5.56 Å². The maximum atomic E-state index is 12.8.